The summed E-state index contributed by atoms with van der Waals surface area (Å²) in [4.78, 5) is 11.2. The maximum absolute atomic E-state index is 11.2. The van der Waals surface area contributed by atoms with E-state index in [0.29, 0.717) is 5.02 Å². The highest BCUT2D eigenvalue weighted by molar-refractivity contribution is 6.30. The second-order valence-corrected chi connectivity index (χ2v) is 4.11. The van der Waals surface area contributed by atoms with E-state index in [0.717, 1.165) is 5.56 Å². The van der Waals surface area contributed by atoms with Crippen LogP contribution in [0.3, 0.4) is 0 Å². The van der Waals surface area contributed by atoms with Gasteiger partial charge in [0.15, 0.2) is 0 Å². The molecule has 0 bridgehead atoms. The van der Waals surface area contributed by atoms with E-state index in [1.165, 1.54) is 0 Å². The minimum atomic E-state index is -0.290. The van der Waals surface area contributed by atoms with E-state index in [9.17, 15) is 4.79 Å². The zero-order valence-electron chi connectivity index (χ0n) is 8.33. The van der Waals surface area contributed by atoms with Crippen LogP contribution in [-0.4, -0.2) is 5.91 Å². The highest BCUT2D eigenvalue weighted by Gasteiger charge is 2.21. The van der Waals surface area contributed by atoms with E-state index < -0.39 is 0 Å². The summed E-state index contributed by atoms with van der Waals surface area (Å²) in [6, 6.07) is 7.24. The van der Waals surface area contributed by atoms with Gasteiger partial charge in [-0.05, 0) is 23.6 Å². The van der Waals surface area contributed by atoms with Gasteiger partial charge in [-0.2, -0.15) is 0 Å². The third kappa shape index (κ3) is 2.48. The van der Waals surface area contributed by atoms with E-state index in [-0.39, 0.29) is 17.7 Å². The average Bonchev–Trinajstić information content (AvgIpc) is 2.07. The normalized spacial score (nSPS) is 12.9. The second-order valence-electron chi connectivity index (χ2n) is 3.68. The Morgan fingerprint density at radius 3 is 2.14 bits per heavy atom. The van der Waals surface area contributed by atoms with Crippen LogP contribution in [0.4, 0.5) is 0 Å². The number of amides is 1. The van der Waals surface area contributed by atoms with Gasteiger partial charge in [-0.25, -0.2) is 0 Å². The van der Waals surface area contributed by atoms with Gasteiger partial charge in [-0.1, -0.05) is 37.6 Å². The first-order chi connectivity index (χ1) is 6.52. The van der Waals surface area contributed by atoms with Crippen molar-refractivity contribution in [1.82, 2.24) is 0 Å². The van der Waals surface area contributed by atoms with E-state index in [1.54, 1.807) is 12.1 Å². The molecular weight excluding hydrogens is 198 g/mol. The zero-order valence-corrected chi connectivity index (χ0v) is 9.08. The molecule has 1 atom stereocenters. The minimum absolute atomic E-state index is 0.202. The Kier molecular flexibility index (Phi) is 3.53. The summed E-state index contributed by atoms with van der Waals surface area (Å²) in [7, 11) is 0. The molecule has 76 valence electrons. The molecule has 0 saturated carbocycles. The molecule has 2 N–H and O–H groups in total. The predicted octanol–water partition coefficient (Wildman–Crippen LogP) is 2.56. The molecule has 0 heterocycles. The Bertz CT molecular complexity index is 319. The van der Waals surface area contributed by atoms with Crippen LogP contribution in [0.25, 0.3) is 0 Å². The maximum Gasteiger partial charge on any atom is 0.225 e. The van der Waals surface area contributed by atoms with Gasteiger partial charge in [0.2, 0.25) is 5.91 Å². The van der Waals surface area contributed by atoms with E-state index in [2.05, 4.69) is 0 Å². The van der Waals surface area contributed by atoms with Crippen molar-refractivity contribution in [3.8, 4) is 0 Å². The van der Waals surface area contributed by atoms with Crippen molar-refractivity contribution in [2.45, 2.75) is 19.8 Å². The Morgan fingerprint density at radius 1 is 1.29 bits per heavy atom. The fourth-order valence-electron chi connectivity index (χ4n) is 1.55. The number of rotatable bonds is 3. The third-order valence-corrected chi connectivity index (χ3v) is 2.45. The quantitative estimate of drug-likeness (QED) is 0.821. The van der Waals surface area contributed by atoms with Crippen molar-refractivity contribution in [2.24, 2.45) is 11.7 Å². The molecule has 3 heteroatoms. The molecule has 0 aliphatic rings. The molecule has 0 fully saturated rings. The van der Waals surface area contributed by atoms with Crippen molar-refractivity contribution < 1.29 is 4.79 Å². The van der Waals surface area contributed by atoms with Gasteiger partial charge in [0, 0.05) is 5.02 Å². The van der Waals surface area contributed by atoms with Gasteiger partial charge < -0.3 is 5.73 Å². The number of hydrogen-bond acceptors (Lipinski definition) is 1. The van der Waals surface area contributed by atoms with E-state index in [4.69, 9.17) is 17.3 Å². The van der Waals surface area contributed by atoms with Crippen molar-refractivity contribution in [3.05, 3.63) is 34.9 Å². The lowest BCUT2D eigenvalue weighted by atomic mass is 9.88. The van der Waals surface area contributed by atoms with Gasteiger partial charge in [0.25, 0.3) is 0 Å². The lowest BCUT2D eigenvalue weighted by Gasteiger charge is -2.17. The topological polar surface area (TPSA) is 43.1 Å². The molecule has 0 aromatic heterocycles. The van der Waals surface area contributed by atoms with Crippen molar-refractivity contribution in [1.29, 1.82) is 0 Å². The number of nitrogens with two attached hydrogens (primary N) is 1. The molecule has 0 aliphatic heterocycles. The van der Waals surface area contributed by atoms with Gasteiger partial charge in [0.1, 0.15) is 0 Å². The Balaban J connectivity index is 3.00. The number of carbonyl (C=O) groups is 1. The largest absolute Gasteiger partial charge is 0.369 e. The molecule has 1 rings (SSSR count). The molecule has 0 saturated heterocycles. The second kappa shape index (κ2) is 4.47. The number of halogens is 1. The van der Waals surface area contributed by atoms with Crippen molar-refractivity contribution in [2.75, 3.05) is 0 Å². The van der Waals surface area contributed by atoms with Gasteiger partial charge in [-0.15, -0.1) is 0 Å². The smallest absolute Gasteiger partial charge is 0.225 e. The summed E-state index contributed by atoms with van der Waals surface area (Å²) >= 11 is 5.76. The maximum atomic E-state index is 11.2. The first-order valence-electron chi connectivity index (χ1n) is 4.57. The Morgan fingerprint density at radius 2 is 1.79 bits per heavy atom. The molecule has 1 aromatic rings. The minimum Gasteiger partial charge on any atom is -0.369 e. The summed E-state index contributed by atoms with van der Waals surface area (Å²) in [6.07, 6.45) is 0. The van der Waals surface area contributed by atoms with Crippen molar-refractivity contribution in [3.63, 3.8) is 0 Å². The lowest BCUT2D eigenvalue weighted by Crippen LogP contribution is -2.25. The molecule has 0 aliphatic carbocycles. The zero-order chi connectivity index (χ0) is 10.7. The molecule has 0 radical (unpaired) electrons. The Hall–Kier alpha value is -1.02. The van der Waals surface area contributed by atoms with Crippen LogP contribution in [0, 0.1) is 5.92 Å². The summed E-state index contributed by atoms with van der Waals surface area (Å²) in [5.41, 5.74) is 6.26. The highest BCUT2D eigenvalue weighted by Crippen LogP contribution is 2.25. The average molecular weight is 212 g/mol. The summed E-state index contributed by atoms with van der Waals surface area (Å²) < 4.78 is 0. The summed E-state index contributed by atoms with van der Waals surface area (Å²) in [5.74, 6) is -0.316. The summed E-state index contributed by atoms with van der Waals surface area (Å²) in [6.45, 7) is 3.95. The highest BCUT2D eigenvalue weighted by atomic mass is 35.5. The van der Waals surface area contributed by atoms with Crippen LogP contribution in [0.5, 0.6) is 0 Å². The van der Waals surface area contributed by atoms with Crippen molar-refractivity contribution >= 4 is 17.5 Å². The molecule has 0 unspecified atom stereocenters. The molecule has 2 nitrogen and oxygen atoms in total. The Labute approximate surface area is 89.1 Å². The molecule has 0 spiro atoms. The standard InChI is InChI=1S/C11H14ClNO/c1-7(2)10(11(13)14)8-3-5-9(12)6-4-8/h3-7,10H,1-2H3,(H2,13,14)/t10-/m0/s1. The first kappa shape index (κ1) is 11.1. The fourth-order valence-corrected chi connectivity index (χ4v) is 1.67. The van der Waals surface area contributed by atoms with Crippen LogP contribution in [0.2, 0.25) is 5.02 Å². The van der Waals surface area contributed by atoms with Crippen LogP contribution < -0.4 is 5.73 Å². The summed E-state index contributed by atoms with van der Waals surface area (Å²) in [5, 5.41) is 0.667. The van der Waals surface area contributed by atoms with E-state index in [1.807, 2.05) is 26.0 Å². The lowest BCUT2D eigenvalue weighted by molar-refractivity contribution is -0.120. The predicted molar refractivity (Wildman–Crippen MR) is 58.2 cm³/mol. The van der Waals surface area contributed by atoms with Crippen LogP contribution >= 0.6 is 11.6 Å². The first-order valence-corrected chi connectivity index (χ1v) is 4.95. The number of primary amides is 1. The fraction of sp³-hybridized carbons (Fsp3) is 0.364. The van der Waals surface area contributed by atoms with Gasteiger partial charge >= 0.3 is 0 Å². The molecular formula is C11H14ClNO. The number of carbonyl (C=O) groups excluding carboxylic acids is 1. The monoisotopic (exact) mass is 211 g/mol. The van der Waals surface area contributed by atoms with Crippen LogP contribution in [0.15, 0.2) is 24.3 Å². The van der Waals surface area contributed by atoms with E-state index >= 15 is 0 Å². The number of benzene rings is 1. The van der Waals surface area contributed by atoms with Crippen LogP contribution in [0.1, 0.15) is 25.3 Å². The van der Waals surface area contributed by atoms with Gasteiger partial charge in [0.05, 0.1) is 5.92 Å². The number of hydrogen-bond donors (Lipinski definition) is 1. The third-order valence-electron chi connectivity index (χ3n) is 2.20. The molecule has 1 amide bonds. The van der Waals surface area contributed by atoms with Gasteiger partial charge in [-0.3, -0.25) is 4.79 Å². The molecule has 14 heavy (non-hydrogen) atoms. The molecule has 1 aromatic carbocycles. The SMILES string of the molecule is CC(C)[C@H](C(N)=O)c1ccc(Cl)cc1. The van der Waals surface area contributed by atoms with Crippen LogP contribution in [-0.2, 0) is 4.79 Å².